The molecule has 2 aliphatic rings. The van der Waals surface area contributed by atoms with Crippen molar-refractivity contribution in [1.29, 1.82) is 0 Å². The highest BCUT2D eigenvalue weighted by atomic mass is 16.5. The van der Waals surface area contributed by atoms with Crippen LogP contribution in [0.2, 0.25) is 0 Å². The highest BCUT2D eigenvalue weighted by Gasteiger charge is 2.33. The predicted molar refractivity (Wildman–Crippen MR) is 133 cm³/mol. The van der Waals surface area contributed by atoms with Crippen LogP contribution >= 0.6 is 0 Å². The third kappa shape index (κ3) is 5.84. The second-order valence-electron chi connectivity index (χ2n) is 9.99. The van der Waals surface area contributed by atoms with Crippen LogP contribution in [-0.4, -0.2) is 41.8 Å². The Bertz CT molecular complexity index is 1030. The van der Waals surface area contributed by atoms with Crippen molar-refractivity contribution in [3.8, 4) is 11.1 Å². The van der Waals surface area contributed by atoms with E-state index in [1.165, 1.54) is 11.1 Å². The molecule has 7 nitrogen and oxygen atoms in total. The smallest absolute Gasteiger partial charge is 0.407 e. The summed E-state index contributed by atoms with van der Waals surface area (Å²) in [6, 6.07) is 15.6. The largest absolute Gasteiger partial charge is 0.481 e. The van der Waals surface area contributed by atoms with Gasteiger partial charge in [0.15, 0.2) is 0 Å². The molecule has 0 saturated heterocycles. The van der Waals surface area contributed by atoms with Crippen molar-refractivity contribution in [2.45, 2.75) is 64.0 Å². The molecule has 0 spiro atoms. The molecule has 2 amide bonds. The number of carbonyl (C=O) groups is 3. The minimum atomic E-state index is -0.948. The number of benzene rings is 2. The summed E-state index contributed by atoms with van der Waals surface area (Å²) in [5, 5.41) is 14.9. The van der Waals surface area contributed by atoms with Crippen molar-refractivity contribution in [2.24, 2.45) is 11.8 Å². The minimum absolute atomic E-state index is 0.00714. The molecule has 2 aromatic rings. The zero-order valence-corrected chi connectivity index (χ0v) is 20.3. The molecule has 2 aliphatic carbocycles. The first-order valence-corrected chi connectivity index (χ1v) is 12.5. The SMILES string of the molecule is CC(C)[C@@H](CC(=O)O)NC(=O)CC(NC(=O)OCC1c2ccccc2-c2ccccc21)C1CCC1. The van der Waals surface area contributed by atoms with E-state index in [0.717, 1.165) is 30.4 Å². The number of carbonyl (C=O) groups excluding carboxylic acids is 2. The number of nitrogens with one attached hydrogen (secondary N) is 2. The van der Waals surface area contributed by atoms with Gasteiger partial charge in [0.2, 0.25) is 5.91 Å². The molecule has 2 atom stereocenters. The summed E-state index contributed by atoms with van der Waals surface area (Å²) >= 11 is 0. The van der Waals surface area contributed by atoms with E-state index < -0.39 is 18.1 Å². The Labute approximate surface area is 206 Å². The molecule has 1 saturated carbocycles. The molecular weight excluding hydrogens is 444 g/mol. The lowest BCUT2D eigenvalue weighted by Crippen LogP contribution is -2.48. The van der Waals surface area contributed by atoms with Gasteiger partial charge in [0.05, 0.1) is 6.42 Å². The molecule has 0 radical (unpaired) electrons. The van der Waals surface area contributed by atoms with Crippen LogP contribution in [0.1, 0.15) is 63.0 Å². The van der Waals surface area contributed by atoms with Gasteiger partial charge in [-0.25, -0.2) is 4.79 Å². The first kappa shape index (κ1) is 24.8. The van der Waals surface area contributed by atoms with Crippen molar-refractivity contribution >= 4 is 18.0 Å². The monoisotopic (exact) mass is 478 g/mol. The topological polar surface area (TPSA) is 105 Å². The van der Waals surface area contributed by atoms with E-state index in [1.54, 1.807) is 0 Å². The molecule has 35 heavy (non-hydrogen) atoms. The zero-order valence-electron chi connectivity index (χ0n) is 20.3. The highest BCUT2D eigenvalue weighted by Crippen LogP contribution is 2.44. The van der Waals surface area contributed by atoms with Crippen molar-refractivity contribution in [1.82, 2.24) is 10.6 Å². The van der Waals surface area contributed by atoms with E-state index in [0.29, 0.717) is 0 Å². The second-order valence-corrected chi connectivity index (χ2v) is 9.99. The molecule has 1 unspecified atom stereocenters. The van der Waals surface area contributed by atoms with Gasteiger partial charge in [0.1, 0.15) is 6.61 Å². The molecule has 0 heterocycles. The Morgan fingerprint density at radius 1 is 0.943 bits per heavy atom. The van der Waals surface area contributed by atoms with E-state index in [4.69, 9.17) is 9.84 Å². The van der Waals surface area contributed by atoms with Crippen molar-refractivity contribution in [3.05, 3.63) is 59.7 Å². The quantitative estimate of drug-likeness (QED) is 0.459. The van der Waals surface area contributed by atoms with Crippen LogP contribution < -0.4 is 10.6 Å². The molecule has 2 aromatic carbocycles. The molecular formula is C28H34N2O5. The van der Waals surface area contributed by atoms with Gasteiger partial charge >= 0.3 is 12.1 Å². The molecule has 186 valence electrons. The summed E-state index contributed by atoms with van der Waals surface area (Å²) in [6.07, 6.45) is 2.43. The number of fused-ring (bicyclic) bond motifs is 3. The lowest BCUT2D eigenvalue weighted by molar-refractivity contribution is -0.138. The molecule has 0 bridgehead atoms. The summed E-state index contributed by atoms with van der Waals surface area (Å²) < 4.78 is 5.68. The average molecular weight is 479 g/mol. The van der Waals surface area contributed by atoms with E-state index in [-0.39, 0.29) is 49.2 Å². The zero-order chi connectivity index (χ0) is 24.9. The lowest BCUT2D eigenvalue weighted by atomic mass is 9.78. The van der Waals surface area contributed by atoms with E-state index in [2.05, 4.69) is 34.9 Å². The molecule has 7 heteroatoms. The number of amides is 2. The van der Waals surface area contributed by atoms with Crippen LogP contribution in [0.3, 0.4) is 0 Å². The number of hydrogen-bond acceptors (Lipinski definition) is 4. The fourth-order valence-electron chi connectivity index (χ4n) is 5.08. The average Bonchev–Trinajstić information content (AvgIpc) is 3.09. The first-order valence-electron chi connectivity index (χ1n) is 12.5. The van der Waals surface area contributed by atoms with Crippen LogP contribution in [0, 0.1) is 11.8 Å². The Hall–Kier alpha value is -3.35. The molecule has 4 rings (SSSR count). The maximum atomic E-state index is 12.8. The molecule has 0 aliphatic heterocycles. The van der Waals surface area contributed by atoms with Crippen LogP contribution in [0.15, 0.2) is 48.5 Å². The summed E-state index contributed by atoms with van der Waals surface area (Å²) in [4.78, 5) is 36.7. The number of carboxylic acids is 1. The summed E-state index contributed by atoms with van der Waals surface area (Å²) in [6.45, 7) is 3.98. The number of carboxylic acid groups (broad SMARTS) is 1. The van der Waals surface area contributed by atoms with Crippen LogP contribution in [0.25, 0.3) is 11.1 Å². The second kappa shape index (κ2) is 10.9. The normalized spacial score (nSPS) is 16.5. The van der Waals surface area contributed by atoms with Crippen molar-refractivity contribution in [2.75, 3.05) is 6.61 Å². The Morgan fingerprint density at radius 2 is 1.54 bits per heavy atom. The lowest BCUT2D eigenvalue weighted by Gasteiger charge is -2.34. The maximum absolute atomic E-state index is 12.8. The van der Waals surface area contributed by atoms with Gasteiger partial charge in [-0.15, -0.1) is 0 Å². The van der Waals surface area contributed by atoms with Crippen LogP contribution in [0.4, 0.5) is 4.79 Å². The van der Waals surface area contributed by atoms with E-state index in [9.17, 15) is 14.4 Å². The number of ether oxygens (including phenoxy) is 1. The standard InChI is InChI=1S/C28H34N2O5/c1-17(2)24(15-27(32)33)29-26(31)14-25(18-8-7-9-18)30-28(34)35-16-23-21-12-5-3-10-19(21)20-11-4-6-13-22(20)23/h3-6,10-13,17-18,23-25H,7-9,14-16H2,1-2H3,(H,29,31)(H,30,34)(H,32,33)/t24-,25?/m1/s1. The van der Waals surface area contributed by atoms with Gasteiger partial charge in [-0.3, -0.25) is 9.59 Å². The molecule has 3 N–H and O–H groups in total. The first-order chi connectivity index (χ1) is 16.8. The highest BCUT2D eigenvalue weighted by molar-refractivity contribution is 5.80. The van der Waals surface area contributed by atoms with Crippen molar-refractivity contribution < 1.29 is 24.2 Å². The van der Waals surface area contributed by atoms with Gasteiger partial charge in [-0.05, 0) is 46.9 Å². The molecule has 0 aromatic heterocycles. The summed E-state index contributed by atoms with van der Waals surface area (Å²) in [5.74, 6) is -1.01. The van der Waals surface area contributed by atoms with Gasteiger partial charge in [0, 0.05) is 24.4 Å². The Balaban J connectivity index is 1.36. The predicted octanol–water partition coefficient (Wildman–Crippen LogP) is 4.70. The fourth-order valence-corrected chi connectivity index (χ4v) is 5.08. The van der Waals surface area contributed by atoms with Gasteiger partial charge in [-0.2, -0.15) is 0 Å². The number of aliphatic carboxylic acids is 1. The molecule has 1 fully saturated rings. The van der Waals surface area contributed by atoms with Crippen molar-refractivity contribution in [3.63, 3.8) is 0 Å². The Morgan fingerprint density at radius 3 is 2.06 bits per heavy atom. The van der Waals surface area contributed by atoms with Crippen LogP contribution in [0.5, 0.6) is 0 Å². The van der Waals surface area contributed by atoms with E-state index in [1.807, 2.05) is 38.1 Å². The third-order valence-electron chi connectivity index (χ3n) is 7.32. The van der Waals surface area contributed by atoms with Gasteiger partial charge in [0.25, 0.3) is 0 Å². The summed E-state index contributed by atoms with van der Waals surface area (Å²) in [7, 11) is 0. The van der Waals surface area contributed by atoms with Gasteiger partial charge in [-0.1, -0.05) is 68.8 Å². The van der Waals surface area contributed by atoms with Crippen LogP contribution in [-0.2, 0) is 14.3 Å². The maximum Gasteiger partial charge on any atom is 0.407 e. The number of alkyl carbamates (subject to hydrolysis) is 1. The fraction of sp³-hybridized carbons (Fsp3) is 0.464. The summed E-state index contributed by atoms with van der Waals surface area (Å²) in [5.41, 5.74) is 4.63. The third-order valence-corrected chi connectivity index (χ3v) is 7.32. The number of rotatable bonds is 10. The Kier molecular flexibility index (Phi) is 7.73. The minimum Gasteiger partial charge on any atom is -0.481 e. The number of hydrogen-bond donors (Lipinski definition) is 3. The van der Waals surface area contributed by atoms with E-state index >= 15 is 0 Å². The van der Waals surface area contributed by atoms with Gasteiger partial charge < -0.3 is 20.5 Å².